The van der Waals surface area contributed by atoms with E-state index in [0.717, 1.165) is 11.4 Å². The molecular weight excluding hydrogens is 336 g/mol. The van der Waals surface area contributed by atoms with Crippen molar-refractivity contribution < 1.29 is 19.1 Å². The molecule has 0 spiro atoms. The molecule has 0 fully saturated rings. The maximum Gasteiger partial charge on any atom is 0.328 e. The number of benzene rings is 1. The van der Waals surface area contributed by atoms with E-state index in [9.17, 15) is 14.4 Å². The van der Waals surface area contributed by atoms with E-state index >= 15 is 0 Å². The summed E-state index contributed by atoms with van der Waals surface area (Å²) in [6.07, 6.45) is -1.23. The van der Waals surface area contributed by atoms with E-state index in [2.05, 4.69) is 15.7 Å². The second-order valence-electron chi connectivity index (χ2n) is 5.71. The number of hydrogen-bond acceptors (Lipinski definition) is 5. The van der Waals surface area contributed by atoms with Crippen LogP contribution in [0.25, 0.3) is 0 Å². The Balaban J connectivity index is 2.13. The van der Waals surface area contributed by atoms with Crippen LogP contribution >= 0.6 is 0 Å². The number of urea groups is 1. The third-order valence-electron chi connectivity index (χ3n) is 3.55. The van der Waals surface area contributed by atoms with Crippen molar-refractivity contribution in [2.45, 2.75) is 33.4 Å². The first-order valence-electron chi connectivity index (χ1n) is 8.25. The molecule has 0 radical (unpaired) electrons. The first-order valence-corrected chi connectivity index (χ1v) is 8.25. The number of carbonyl (C=O) groups excluding carboxylic acids is 3. The van der Waals surface area contributed by atoms with Crippen LogP contribution in [-0.4, -0.2) is 34.2 Å². The molecule has 1 atom stereocenters. The molecule has 2 rings (SSSR count). The van der Waals surface area contributed by atoms with E-state index in [0.29, 0.717) is 12.1 Å². The number of aryl methyl sites for hydroxylation is 2. The van der Waals surface area contributed by atoms with Crippen LogP contribution in [0, 0.1) is 13.8 Å². The Morgan fingerprint density at radius 3 is 2.46 bits per heavy atom. The molecule has 8 nitrogen and oxygen atoms in total. The maximum atomic E-state index is 12.4. The number of amides is 3. The first-order chi connectivity index (χ1) is 12.4. The number of carbonyl (C=O) groups is 3. The van der Waals surface area contributed by atoms with Crippen molar-refractivity contribution in [1.82, 2.24) is 20.4 Å². The zero-order valence-electron chi connectivity index (χ0n) is 15.0. The molecule has 1 heterocycles. The molecule has 2 aromatic rings. The summed E-state index contributed by atoms with van der Waals surface area (Å²) in [5.74, 6) is -1.35. The molecule has 0 bridgehead atoms. The quantitative estimate of drug-likeness (QED) is 0.764. The molecule has 0 aliphatic carbocycles. The number of ether oxygens (including phenoxy) is 1. The number of imide groups is 1. The van der Waals surface area contributed by atoms with Crippen LogP contribution in [0.4, 0.5) is 4.79 Å². The highest BCUT2D eigenvalue weighted by Crippen LogP contribution is 2.18. The SMILES string of the molecule is CCNC(=O)NC(=O)C(OC(=O)Cn1nc(C)cc1C)c1ccccc1. The van der Waals surface area contributed by atoms with Gasteiger partial charge in [-0.05, 0) is 26.8 Å². The minimum atomic E-state index is -1.23. The van der Waals surface area contributed by atoms with E-state index < -0.39 is 24.0 Å². The second kappa shape index (κ2) is 8.80. The Morgan fingerprint density at radius 1 is 1.19 bits per heavy atom. The molecule has 0 aliphatic heterocycles. The van der Waals surface area contributed by atoms with Gasteiger partial charge in [0, 0.05) is 17.8 Å². The molecule has 3 amide bonds. The second-order valence-corrected chi connectivity index (χ2v) is 5.71. The van der Waals surface area contributed by atoms with Gasteiger partial charge in [0.15, 0.2) is 0 Å². The third kappa shape index (κ3) is 5.17. The van der Waals surface area contributed by atoms with Crippen molar-refractivity contribution in [2.24, 2.45) is 0 Å². The van der Waals surface area contributed by atoms with Crippen LogP contribution in [0.3, 0.4) is 0 Å². The van der Waals surface area contributed by atoms with Gasteiger partial charge in [0.05, 0.1) is 5.69 Å². The summed E-state index contributed by atoms with van der Waals surface area (Å²) in [4.78, 5) is 36.3. The summed E-state index contributed by atoms with van der Waals surface area (Å²) < 4.78 is 6.86. The molecule has 8 heteroatoms. The van der Waals surface area contributed by atoms with Crippen LogP contribution < -0.4 is 10.6 Å². The normalized spacial score (nSPS) is 11.5. The van der Waals surface area contributed by atoms with Gasteiger partial charge in [-0.25, -0.2) is 4.79 Å². The molecule has 0 saturated heterocycles. The number of aromatic nitrogens is 2. The van der Waals surface area contributed by atoms with Crippen LogP contribution in [0.1, 0.15) is 30.0 Å². The molecule has 0 aliphatic rings. The van der Waals surface area contributed by atoms with Gasteiger partial charge in [0.25, 0.3) is 5.91 Å². The van der Waals surface area contributed by atoms with Gasteiger partial charge in [-0.3, -0.25) is 19.6 Å². The van der Waals surface area contributed by atoms with Crippen molar-refractivity contribution in [2.75, 3.05) is 6.54 Å². The molecule has 0 saturated carbocycles. The average Bonchev–Trinajstić information content (AvgIpc) is 2.90. The summed E-state index contributed by atoms with van der Waals surface area (Å²) in [6, 6.07) is 9.71. The number of nitrogens with zero attached hydrogens (tertiary/aromatic N) is 2. The highest BCUT2D eigenvalue weighted by atomic mass is 16.5. The molecule has 26 heavy (non-hydrogen) atoms. The number of rotatable bonds is 6. The Labute approximate surface area is 151 Å². The molecule has 2 N–H and O–H groups in total. The Hall–Kier alpha value is -3.16. The van der Waals surface area contributed by atoms with E-state index in [4.69, 9.17) is 4.74 Å². The van der Waals surface area contributed by atoms with Gasteiger partial charge in [0.1, 0.15) is 6.54 Å². The molecule has 1 aromatic carbocycles. The Kier molecular flexibility index (Phi) is 6.48. The van der Waals surface area contributed by atoms with Crippen LogP contribution in [0.2, 0.25) is 0 Å². The smallest absolute Gasteiger partial charge is 0.328 e. The Morgan fingerprint density at radius 2 is 1.88 bits per heavy atom. The van der Waals surface area contributed by atoms with E-state index in [1.807, 2.05) is 19.9 Å². The van der Waals surface area contributed by atoms with Gasteiger partial charge in [0.2, 0.25) is 6.10 Å². The molecule has 1 unspecified atom stereocenters. The summed E-state index contributed by atoms with van der Waals surface area (Å²) in [6.45, 7) is 5.61. The van der Waals surface area contributed by atoms with E-state index in [1.54, 1.807) is 37.3 Å². The van der Waals surface area contributed by atoms with Gasteiger partial charge in [-0.1, -0.05) is 30.3 Å². The number of nitrogens with one attached hydrogen (secondary N) is 2. The highest BCUT2D eigenvalue weighted by molar-refractivity contribution is 5.97. The molecule has 138 valence electrons. The largest absolute Gasteiger partial charge is 0.446 e. The van der Waals surface area contributed by atoms with Gasteiger partial charge in [-0.15, -0.1) is 0 Å². The van der Waals surface area contributed by atoms with Crippen molar-refractivity contribution >= 4 is 17.9 Å². The predicted octanol–water partition coefficient (Wildman–Crippen LogP) is 1.63. The van der Waals surface area contributed by atoms with Crippen molar-refractivity contribution in [3.05, 3.63) is 53.3 Å². The lowest BCUT2D eigenvalue weighted by Crippen LogP contribution is -2.42. The zero-order valence-corrected chi connectivity index (χ0v) is 15.0. The van der Waals surface area contributed by atoms with E-state index in [-0.39, 0.29) is 6.54 Å². The molecular formula is C18H22N4O4. The summed E-state index contributed by atoms with van der Waals surface area (Å²) in [5, 5.41) is 8.84. The van der Waals surface area contributed by atoms with Crippen LogP contribution in [0.5, 0.6) is 0 Å². The molecule has 1 aromatic heterocycles. The minimum Gasteiger partial charge on any atom is -0.446 e. The first kappa shape index (κ1) is 19.2. The summed E-state index contributed by atoms with van der Waals surface area (Å²) >= 11 is 0. The average molecular weight is 358 g/mol. The lowest BCUT2D eigenvalue weighted by atomic mass is 10.1. The standard InChI is InChI=1S/C18H22N4O4/c1-4-19-18(25)20-17(24)16(14-8-6-5-7-9-14)26-15(23)11-22-13(3)10-12(2)21-22/h5-10,16H,4,11H2,1-3H3,(H2,19,20,24,25). The van der Waals surface area contributed by atoms with Gasteiger partial charge in [-0.2, -0.15) is 5.10 Å². The lowest BCUT2D eigenvalue weighted by Gasteiger charge is -2.18. The minimum absolute atomic E-state index is 0.128. The summed E-state index contributed by atoms with van der Waals surface area (Å²) in [5.41, 5.74) is 2.06. The lowest BCUT2D eigenvalue weighted by molar-refractivity contribution is -0.157. The van der Waals surface area contributed by atoms with Crippen molar-refractivity contribution in [3.8, 4) is 0 Å². The Bertz CT molecular complexity index is 786. The summed E-state index contributed by atoms with van der Waals surface area (Å²) in [7, 11) is 0. The zero-order chi connectivity index (χ0) is 19.1. The maximum absolute atomic E-state index is 12.4. The number of esters is 1. The monoisotopic (exact) mass is 358 g/mol. The third-order valence-corrected chi connectivity index (χ3v) is 3.55. The fourth-order valence-electron chi connectivity index (χ4n) is 2.41. The van der Waals surface area contributed by atoms with Crippen LogP contribution in [-0.2, 0) is 20.9 Å². The number of hydrogen-bond donors (Lipinski definition) is 2. The van der Waals surface area contributed by atoms with Gasteiger partial charge < -0.3 is 10.1 Å². The van der Waals surface area contributed by atoms with Crippen LogP contribution in [0.15, 0.2) is 36.4 Å². The fourth-order valence-corrected chi connectivity index (χ4v) is 2.41. The fraction of sp³-hybridized carbons (Fsp3) is 0.333. The highest BCUT2D eigenvalue weighted by Gasteiger charge is 2.26. The topological polar surface area (TPSA) is 102 Å². The van der Waals surface area contributed by atoms with Crippen molar-refractivity contribution in [3.63, 3.8) is 0 Å². The predicted molar refractivity (Wildman–Crippen MR) is 94.2 cm³/mol. The van der Waals surface area contributed by atoms with Gasteiger partial charge >= 0.3 is 12.0 Å². The van der Waals surface area contributed by atoms with E-state index in [1.165, 1.54) is 4.68 Å². The van der Waals surface area contributed by atoms with Crippen molar-refractivity contribution in [1.29, 1.82) is 0 Å².